The Morgan fingerprint density at radius 1 is 1.40 bits per heavy atom. The first kappa shape index (κ1) is 11.5. The molecule has 0 saturated heterocycles. The molecule has 1 aromatic carbocycles. The largest absolute Gasteiger partial charge is 0.462 e. The molecular formula is C13H15FO. The zero-order valence-corrected chi connectivity index (χ0v) is 8.87. The first-order valence-electron chi connectivity index (χ1n) is 5.01. The molecule has 2 heteroatoms. The monoisotopic (exact) mass is 206 g/mol. The summed E-state index contributed by atoms with van der Waals surface area (Å²) in [6.07, 6.45) is 5.37. The average molecular weight is 206 g/mol. The SMILES string of the molecule is C=C/C=C(\CCC)Oc1ccc(F)cc1. The van der Waals surface area contributed by atoms with Gasteiger partial charge in [-0.15, -0.1) is 0 Å². The predicted molar refractivity (Wildman–Crippen MR) is 60.2 cm³/mol. The molecular weight excluding hydrogens is 191 g/mol. The fourth-order valence-corrected chi connectivity index (χ4v) is 1.20. The van der Waals surface area contributed by atoms with Crippen LogP contribution in [0.4, 0.5) is 4.39 Å². The van der Waals surface area contributed by atoms with Gasteiger partial charge in [0.2, 0.25) is 0 Å². The van der Waals surface area contributed by atoms with Gasteiger partial charge in [0.1, 0.15) is 17.3 Å². The molecule has 1 nitrogen and oxygen atoms in total. The normalized spacial score (nSPS) is 11.2. The van der Waals surface area contributed by atoms with Crippen molar-refractivity contribution in [1.82, 2.24) is 0 Å². The fraction of sp³-hybridized carbons (Fsp3) is 0.231. The van der Waals surface area contributed by atoms with Gasteiger partial charge in [0.05, 0.1) is 0 Å². The molecule has 0 unspecified atom stereocenters. The van der Waals surface area contributed by atoms with Crippen LogP contribution < -0.4 is 4.74 Å². The lowest BCUT2D eigenvalue weighted by Gasteiger charge is -2.08. The molecule has 0 fully saturated rings. The Labute approximate surface area is 89.9 Å². The standard InChI is InChI=1S/C13H15FO/c1-3-5-12(6-4-2)15-13-9-7-11(14)8-10-13/h3,5,7-10H,1,4,6H2,2H3/b12-5+. The van der Waals surface area contributed by atoms with Gasteiger partial charge in [0.15, 0.2) is 0 Å². The highest BCUT2D eigenvalue weighted by atomic mass is 19.1. The van der Waals surface area contributed by atoms with E-state index < -0.39 is 0 Å². The van der Waals surface area contributed by atoms with Crippen LogP contribution >= 0.6 is 0 Å². The summed E-state index contributed by atoms with van der Waals surface area (Å²) in [4.78, 5) is 0. The van der Waals surface area contributed by atoms with Crippen molar-refractivity contribution in [3.8, 4) is 5.75 Å². The third kappa shape index (κ3) is 3.98. The minimum Gasteiger partial charge on any atom is -0.462 e. The minimum absolute atomic E-state index is 0.257. The molecule has 0 bridgehead atoms. The van der Waals surface area contributed by atoms with Crippen LogP contribution in [0.3, 0.4) is 0 Å². The van der Waals surface area contributed by atoms with Gasteiger partial charge < -0.3 is 4.74 Å². The zero-order chi connectivity index (χ0) is 11.1. The molecule has 0 radical (unpaired) electrons. The highest BCUT2D eigenvalue weighted by Gasteiger charge is 1.99. The summed E-state index contributed by atoms with van der Waals surface area (Å²) in [5.41, 5.74) is 0. The third-order valence-corrected chi connectivity index (χ3v) is 1.86. The van der Waals surface area contributed by atoms with Gasteiger partial charge in [-0.25, -0.2) is 4.39 Å². The van der Waals surface area contributed by atoms with E-state index in [1.165, 1.54) is 12.1 Å². The van der Waals surface area contributed by atoms with Crippen LogP contribution in [0.25, 0.3) is 0 Å². The number of hydrogen-bond acceptors (Lipinski definition) is 1. The number of ether oxygens (including phenoxy) is 1. The summed E-state index contributed by atoms with van der Waals surface area (Å²) in [5, 5.41) is 0. The molecule has 1 aromatic rings. The van der Waals surface area contributed by atoms with E-state index in [1.54, 1.807) is 18.2 Å². The molecule has 15 heavy (non-hydrogen) atoms. The number of rotatable bonds is 5. The molecule has 0 amide bonds. The maximum absolute atomic E-state index is 12.6. The van der Waals surface area contributed by atoms with E-state index in [0.717, 1.165) is 18.6 Å². The second-order valence-electron chi connectivity index (χ2n) is 3.17. The number of hydrogen-bond donors (Lipinski definition) is 0. The van der Waals surface area contributed by atoms with E-state index in [0.29, 0.717) is 5.75 Å². The van der Waals surface area contributed by atoms with Crippen LogP contribution in [-0.2, 0) is 0 Å². The Balaban J connectivity index is 2.69. The topological polar surface area (TPSA) is 9.23 Å². The summed E-state index contributed by atoms with van der Waals surface area (Å²) in [6.45, 7) is 5.70. The zero-order valence-electron chi connectivity index (χ0n) is 8.87. The predicted octanol–water partition coefficient (Wildman–Crippen LogP) is 4.07. The van der Waals surface area contributed by atoms with Crippen LogP contribution in [-0.4, -0.2) is 0 Å². The summed E-state index contributed by atoms with van der Waals surface area (Å²) < 4.78 is 18.2. The van der Waals surface area contributed by atoms with E-state index in [-0.39, 0.29) is 5.82 Å². The highest BCUT2D eigenvalue weighted by molar-refractivity contribution is 5.25. The quantitative estimate of drug-likeness (QED) is 0.521. The van der Waals surface area contributed by atoms with Crippen molar-refractivity contribution in [3.05, 3.63) is 54.6 Å². The molecule has 0 aromatic heterocycles. The van der Waals surface area contributed by atoms with Crippen molar-refractivity contribution in [2.45, 2.75) is 19.8 Å². The molecule has 0 heterocycles. The van der Waals surface area contributed by atoms with Gasteiger partial charge in [-0.05, 0) is 36.8 Å². The Kier molecular flexibility index (Phi) is 4.61. The van der Waals surface area contributed by atoms with Crippen LogP contribution in [0, 0.1) is 5.82 Å². The van der Waals surface area contributed by atoms with Crippen molar-refractivity contribution >= 4 is 0 Å². The van der Waals surface area contributed by atoms with E-state index in [2.05, 4.69) is 13.5 Å². The number of halogens is 1. The first-order chi connectivity index (χ1) is 7.26. The van der Waals surface area contributed by atoms with Crippen molar-refractivity contribution in [3.63, 3.8) is 0 Å². The van der Waals surface area contributed by atoms with Gasteiger partial charge >= 0.3 is 0 Å². The van der Waals surface area contributed by atoms with Crippen molar-refractivity contribution in [2.24, 2.45) is 0 Å². The maximum atomic E-state index is 12.6. The number of benzene rings is 1. The molecule has 0 N–H and O–H groups in total. The number of allylic oxidation sites excluding steroid dienone is 3. The lowest BCUT2D eigenvalue weighted by Crippen LogP contribution is -1.94. The van der Waals surface area contributed by atoms with Gasteiger partial charge in [0, 0.05) is 6.42 Å². The molecule has 0 aliphatic rings. The van der Waals surface area contributed by atoms with Gasteiger partial charge in [-0.3, -0.25) is 0 Å². The molecule has 80 valence electrons. The summed E-state index contributed by atoms with van der Waals surface area (Å²) >= 11 is 0. The van der Waals surface area contributed by atoms with Crippen molar-refractivity contribution in [2.75, 3.05) is 0 Å². The molecule has 0 aliphatic heterocycles. The average Bonchev–Trinajstić information content (AvgIpc) is 2.22. The maximum Gasteiger partial charge on any atom is 0.127 e. The van der Waals surface area contributed by atoms with Gasteiger partial charge in [-0.1, -0.05) is 19.6 Å². The second-order valence-corrected chi connectivity index (χ2v) is 3.17. The summed E-state index contributed by atoms with van der Waals surface area (Å²) in [7, 11) is 0. The molecule has 0 aliphatic carbocycles. The Hall–Kier alpha value is -1.57. The van der Waals surface area contributed by atoms with E-state index in [9.17, 15) is 4.39 Å². The highest BCUT2D eigenvalue weighted by Crippen LogP contribution is 2.17. The van der Waals surface area contributed by atoms with Crippen LogP contribution in [0.5, 0.6) is 5.75 Å². The van der Waals surface area contributed by atoms with Crippen LogP contribution in [0.15, 0.2) is 48.8 Å². The van der Waals surface area contributed by atoms with Crippen LogP contribution in [0.2, 0.25) is 0 Å². The van der Waals surface area contributed by atoms with Crippen molar-refractivity contribution in [1.29, 1.82) is 0 Å². The Bertz CT molecular complexity index is 338. The Morgan fingerprint density at radius 3 is 2.60 bits per heavy atom. The Morgan fingerprint density at radius 2 is 2.07 bits per heavy atom. The summed E-state index contributed by atoms with van der Waals surface area (Å²) in [6, 6.07) is 5.99. The van der Waals surface area contributed by atoms with Crippen LogP contribution in [0.1, 0.15) is 19.8 Å². The molecule has 0 atom stereocenters. The lowest BCUT2D eigenvalue weighted by atomic mass is 10.2. The smallest absolute Gasteiger partial charge is 0.127 e. The lowest BCUT2D eigenvalue weighted by molar-refractivity contribution is 0.401. The van der Waals surface area contributed by atoms with E-state index in [1.807, 2.05) is 6.08 Å². The summed E-state index contributed by atoms with van der Waals surface area (Å²) in [5.74, 6) is 1.24. The van der Waals surface area contributed by atoms with E-state index >= 15 is 0 Å². The van der Waals surface area contributed by atoms with Gasteiger partial charge in [-0.2, -0.15) is 0 Å². The fourth-order valence-electron chi connectivity index (χ4n) is 1.20. The first-order valence-corrected chi connectivity index (χ1v) is 5.01. The third-order valence-electron chi connectivity index (χ3n) is 1.86. The second kappa shape index (κ2) is 6.02. The van der Waals surface area contributed by atoms with Crippen molar-refractivity contribution < 1.29 is 9.13 Å². The van der Waals surface area contributed by atoms with E-state index in [4.69, 9.17) is 4.74 Å². The minimum atomic E-state index is -0.257. The molecule has 0 saturated carbocycles. The van der Waals surface area contributed by atoms with Gasteiger partial charge in [0.25, 0.3) is 0 Å². The molecule has 0 spiro atoms. The molecule has 1 rings (SSSR count).